The molecule has 1 aliphatic rings. The Morgan fingerprint density at radius 1 is 1.03 bits per heavy atom. The summed E-state index contributed by atoms with van der Waals surface area (Å²) in [6.07, 6.45) is 3.52. The van der Waals surface area contributed by atoms with E-state index in [-0.39, 0.29) is 17.9 Å². The fourth-order valence-corrected chi connectivity index (χ4v) is 3.70. The molecule has 2 aromatic rings. The Labute approximate surface area is 178 Å². The number of amides is 2. The number of ether oxygens (including phenoxy) is 1. The maximum absolute atomic E-state index is 12.4. The highest BCUT2D eigenvalue weighted by molar-refractivity contribution is 5.76. The Bertz CT molecular complexity index is 808. The fourth-order valence-electron chi connectivity index (χ4n) is 3.70. The minimum atomic E-state index is -0.280. The molecule has 0 aliphatic carbocycles. The van der Waals surface area contributed by atoms with Gasteiger partial charge in [0.2, 0.25) is 11.8 Å². The summed E-state index contributed by atoms with van der Waals surface area (Å²) in [4.78, 5) is 25.5. The van der Waals surface area contributed by atoms with Crippen molar-refractivity contribution in [1.82, 2.24) is 10.2 Å². The lowest BCUT2D eigenvalue weighted by molar-refractivity contribution is -0.122. The van der Waals surface area contributed by atoms with Crippen LogP contribution < -0.4 is 15.8 Å². The van der Waals surface area contributed by atoms with E-state index >= 15 is 0 Å². The number of carbonyl (C=O) groups excluding carboxylic acids is 2. The van der Waals surface area contributed by atoms with E-state index in [1.165, 1.54) is 0 Å². The van der Waals surface area contributed by atoms with Gasteiger partial charge in [0.05, 0.1) is 0 Å². The molecule has 1 atom stereocenters. The number of primary amides is 1. The average molecular weight is 410 g/mol. The van der Waals surface area contributed by atoms with Gasteiger partial charge < -0.3 is 20.7 Å². The van der Waals surface area contributed by atoms with Gasteiger partial charge in [0.1, 0.15) is 12.4 Å². The van der Waals surface area contributed by atoms with Gasteiger partial charge in [0.15, 0.2) is 0 Å². The summed E-state index contributed by atoms with van der Waals surface area (Å²) in [5, 5.41) is 3.14. The molecule has 30 heavy (non-hydrogen) atoms. The van der Waals surface area contributed by atoms with E-state index < -0.39 is 0 Å². The van der Waals surface area contributed by atoms with Crippen molar-refractivity contribution in [3.05, 3.63) is 65.7 Å². The lowest BCUT2D eigenvalue weighted by Gasteiger charge is -2.32. The van der Waals surface area contributed by atoms with Gasteiger partial charge in [-0.1, -0.05) is 42.5 Å². The number of carbonyl (C=O) groups is 2. The van der Waals surface area contributed by atoms with Gasteiger partial charge in [-0.2, -0.15) is 0 Å². The fraction of sp³-hybridized carbons (Fsp3) is 0.417. The number of rotatable bonds is 10. The number of likely N-dealkylation sites (tertiary alicyclic amines) is 1. The number of nitrogens with one attached hydrogen (secondary N) is 1. The normalized spacial score (nSPS) is 16.7. The molecule has 1 aliphatic heterocycles. The highest BCUT2D eigenvalue weighted by Gasteiger charge is 2.21. The van der Waals surface area contributed by atoms with Crippen LogP contribution in [0, 0.1) is 0 Å². The monoisotopic (exact) mass is 409 g/mol. The van der Waals surface area contributed by atoms with Crippen molar-refractivity contribution < 1.29 is 14.3 Å². The van der Waals surface area contributed by atoms with Crippen LogP contribution in [0.1, 0.15) is 36.8 Å². The molecule has 2 aromatic carbocycles. The van der Waals surface area contributed by atoms with Gasteiger partial charge in [0, 0.05) is 32.0 Å². The topological polar surface area (TPSA) is 84.7 Å². The third-order valence-corrected chi connectivity index (χ3v) is 5.36. The summed E-state index contributed by atoms with van der Waals surface area (Å²) in [5.74, 6) is 0.615. The van der Waals surface area contributed by atoms with Crippen LogP contribution in [0.25, 0.3) is 0 Å². The second-order valence-corrected chi connectivity index (χ2v) is 7.84. The summed E-state index contributed by atoms with van der Waals surface area (Å²) in [5.41, 5.74) is 7.48. The lowest BCUT2D eigenvalue weighted by Crippen LogP contribution is -2.48. The molecule has 2 amide bonds. The molecule has 160 valence electrons. The first-order valence-electron chi connectivity index (χ1n) is 10.6. The minimum Gasteiger partial charge on any atom is -0.489 e. The second-order valence-electron chi connectivity index (χ2n) is 7.84. The quantitative estimate of drug-likeness (QED) is 0.632. The summed E-state index contributed by atoms with van der Waals surface area (Å²) in [7, 11) is 0. The van der Waals surface area contributed by atoms with Crippen LogP contribution in [0.15, 0.2) is 54.6 Å². The lowest BCUT2D eigenvalue weighted by atomic mass is 10.0. The summed E-state index contributed by atoms with van der Waals surface area (Å²) < 4.78 is 5.80. The first-order valence-corrected chi connectivity index (χ1v) is 10.6. The number of nitrogens with zero attached hydrogens (tertiary/aromatic N) is 1. The van der Waals surface area contributed by atoms with Gasteiger partial charge in [-0.15, -0.1) is 0 Å². The predicted molar refractivity (Wildman–Crippen MR) is 117 cm³/mol. The van der Waals surface area contributed by atoms with Gasteiger partial charge in [-0.25, -0.2) is 0 Å². The van der Waals surface area contributed by atoms with Crippen molar-refractivity contribution in [2.24, 2.45) is 5.73 Å². The highest BCUT2D eigenvalue weighted by atomic mass is 16.5. The molecule has 6 nitrogen and oxygen atoms in total. The molecule has 1 heterocycles. The summed E-state index contributed by atoms with van der Waals surface area (Å²) >= 11 is 0. The molecule has 1 fully saturated rings. The van der Waals surface area contributed by atoms with Gasteiger partial charge >= 0.3 is 0 Å². The largest absolute Gasteiger partial charge is 0.489 e. The van der Waals surface area contributed by atoms with E-state index in [1.807, 2.05) is 54.6 Å². The van der Waals surface area contributed by atoms with Crippen molar-refractivity contribution >= 4 is 11.8 Å². The molecule has 3 rings (SSSR count). The molecule has 3 N–H and O–H groups in total. The number of hydrogen-bond donors (Lipinski definition) is 2. The summed E-state index contributed by atoms with van der Waals surface area (Å²) in [6, 6.07) is 18.1. The van der Waals surface area contributed by atoms with Crippen LogP contribution >= 0.6 is 0 Å². The molecular formula is C24H31N3O3. The minimum absolute atomic E-state index is 0.0705. The second kappa shape index (κ2) is 11.4. The molecule has 0 saturated carbocycles. The molecule has 0 radical (unpaired) electrons. The zero-order valence-electron chi connectivity index (χ0n) is 17.4. The Kier molecular flexibility index (Phi) is 8.27. The van der Waals surface area contributed by atoms with Crippen molar-refractivity contribution in [3.63, 3.8) is 0 Å². The van der Waals surface area contributed by atoms with E-state index in [4.69, 9.17) is 10.5 Å². The van der Waals surface area contributed by atoms with Crippen LogP contribution in [-0.2, 0) is 22.6 Å². The van der Waals surface area contributed by atoms with E-state index in [9.17, 15) is 9.59 Å². The molecular weight excluding hydrogens is 378 g/mol. The standard InChI is InChI=1S/C24H31N3O3/c25-23(28)14-16-27-15-4-7-21(17-27)26-24(29)13-10-19-8-11-22(12-9-19)30-18-20-5-2-1-3-6-20/h1-3,5-6,8-9,11-12,21H,4,7,10,13-18H2,(H2,25,28)(H,26,29). The van der Waals surface area contributed by atoms with E-state index in [0.29, 0.717) is 32.4 Å². The molecule has 1 saturated heterocycles. The van der Waals surface area contributed by atoms with Crippen LogP contribution in [0.4, 0.5) is 0 Å². The third-order valence-electron chi connectivity index (χ3n) is 5.36. The predicted octanol–water partition coefficient (Wildman–Crippen LogP) is 2.65. The first kappa shape index (κ1) is 21.8. The van der Waals surface area contributed by atoms with E-state index in [1.54, 1.807) is 0 Å². The number of benzene rings is 2. The maximum atomic E-state index is 12.4. The highest BCUT2D eigenvalue weighted by Crippen LogP contribution is 2.16. The Morgan fingerprint density at radius 3 is 2.53 bits per heavy atom. The van der Waals surface area contributed by atoms with Gasteiger partial charge in [-0.3, -0.25) is 9.59 Å². The number of nitrogens with two attached hydrogens (primary N) is 1. The Morgan fingerprint density at radius 2 is 1.80 bits per heavy atom. The smallest absolute Gasteiger partial charge is 0.220 e. The van der Waals surface area contributed by atoms with E-state index in [0.717, 1.165) is 42.8 Å². The maximum Gasteiger partial charge on any atom is 0.220 e. The first-order chi connectivity index (χ1) is 14.6. The SMILES string of the molecule is NC(=O)CCN1CCCC(NC(=O)CCc2ccc(OCc3ccccc3)cc2)C1. The number of piperidine rings is 1. The molecule has 0 spiro atoms. The van der Waals surface area contributed by atoms with Crippen molar-refractivity contribution in [1.29, 1.82) is 0 Å². The van der Waals surface area contributed by atoms with Crippen LogP contribution in [0.2, 0.25) is 0 Å². The molecule has 0 aromatic heterocycles. The summed E-state index contributed by atoms with van der Waals surface area (Å²) in [6.45, 7) is 2.95. The van der Waals surface area contributed by atoms with Crippen molar-refractivity contribution in [2.45, 2.75) is 44.8 Å². The third kappa shape index (κ3) is 7.52. The molecule has 6 heteroatoms. The van der Waals surface area contributed by atoms with Gasteiger partial charge in [-0.05, 0) is 49.1 Å². The zero-order valence-corrected chi connectivity index (χ0v) is 17.4. The van der Waals surface area contributed by atoms with E-state index in [2.05, 4.69) is 10.2 Å². The number of hydrogen-bond acceptors (Lipinski definition) is 4. The average Bonchev–Trinajstić information content (AvgIpc) is 2.76. The van der Waals surface area contributed by atoms with Crippen molar-refractivity contribution in [2.75, 3.05) is 19.6 Å². The molecule has 1 unspecified atom stereocenters. The zero-order chi connectivity index (χ0) is 21.2. The Hall–Kier alpha value is -2.86. The van der Waals surface area contributed by atoms with Crippen molar-refractivity contribution in [3.8, 4) is 5.75 Å². The van der Waals surface area contributed by atoms with Crippen LogP contribution in [-0.4, -0.2) is 42.4 Å². The van der Waals surface area contributed by atoms with Gasteiger partial charge in [0.25, 0.3) is 0 Å². The van der Waals surface area contributed by atoms with Crippen LogP contribution in [0.3, 0.4) is 0 Å². The Balaban J connectivity index is 1.37. The molecule has 0 bridgehead atoms. The van der Waals surface area contributed by atoms with Crippen LogP contribution in [0.5, 0.6) is 5.75 Å². The number of aryl methyl sites for hydroxylation is 1.